The van der Waals surface area contributed by atoms with E-state index >= 15 is 0 Å². The monoisotopic (exact) mass is 252 g/mol. The Morgan fingerprint density at radius 3 is 2.61 bits per heavy atom. The Morgan fingerprint density at radius 2 is 2.00 bits per heavy atom. The first-order chi connectivity index (χ1) is 8.81. The van der Waals surface area contributed by atoms with Gasteiger partial charge in [0.25, 0.3) is 0 Å². The summed E-state index contributed by atoms with van der Waals surface area (Å²) in [5.74, 6) is 0. The van der Waals surface area contributed by atoms with Crippen molar-refractivity contribution in [2.75, 3.05) is 38.6 Å². The molecule has 0 atom stereocenters. The molecule has 2 N–H and O–H groups in total. The fourth-order valence-electron chi connectivity index (χ4n) is 2.64. The summed E-state index contributed by atoms with van der Waals surface area (Å²) in [6, 6.07) is 0.476. The first-order valence-electron chi connectivity index (χ1n) is 6.56. The summed E-state index contributed by atoms with van der Waals surface area (Å²) in [4.78, 5) is 2.40. The minimum atomic E-state index is -0.0260. The zero-order chi connectivity index (χ0) is 12.4. The van der Waals surface area contributed by atoms with Gasteiger partial charge in [-0.3, -0.25) is 9.58 Å². The van der Waals surface area contributed by atoms with Gasteiger partial charge >= 0.3 is 0 Å². The van der Waals surface area contributed by atoms with E-state index in [1.54, 1.807) is 6.20 Å². The van der Waals surface area contributed by atoms with Crippen LogP contribution >= 0.6 is 0 Å². The highest BCUT2D eigenvalue weighted by atomic mass is 16.7. The lowest BCUT2D eigenvalue weighted by Gasteiger charge is -2.32. The van der Waals surface area contributed by atoms with E-state index in [0.717, 1.165) is 51.4 Å². The summed E-state index contributed by atoms with van der Waals surface area (Å²) in [7, 11) is 0. The molecule has 1 aromatic heterocycles. The maximum absolute atomic E-state index is 5.69. The molecule has 0 saturated carbocycles. The largest absolute Gasteiger partial charge is 0.396 e. The van der Waals surface area contributed by atoms with Crippen molar-refractivity contribution in [3.63, 3.8) is 0 Å². The third kappa shape index (κ3) is 2.66. The van der Waals surface area contributed by atoms with Gasteiger partial charge in [0.15, 0.2) is 6.29 Å². The van der Waals surface area contributed by atoms with Crippen LogP contribution in [-0.4, -0.2) is 53.8 Å². The maximum Gasteiger partial charge on any atom is 0.170 e. The molecular formula is C12H20N4O2. The molecule has 0 amide bonds. The number of nitrogens with two attached hydrogens (primary N) is 1. The molecule has 2 saturated heterocycles. The number of rotatable bonds is 3. The summed E-state index contributed by atoms with van der Waals surface area (Å²) in [6.45, 7) is 4.47. The Labute approximate surface area is 107 Å². The van der Waals surface area contributed by atoms with Crippen LogP contribution in [0.2, 0.25) is 0 Å². The van der Waals surface area contributed by atoms with Gasteiger partial charge in [0.2, 0.25) is 0 Å². The number of piperidine rings is 1. The highest BCUT2D eigenvalue weighted by Gasteiger charge is 2.25. The van der Waals surface area contributed by atoms with Crippen molar-refractivity contribution in [3.8, 4) is 0 Å². The zero-order valence-electron chi connectivity index (χ0n) is 10.5. The second kappa shape index (κ2) is 5.26. The third-order valence-corrected chi connectivity index (χ3v) is 3.65. The number of hydrogen-bond donors (Lipinski definition) is 1. The minimum Gasteiger partial charge on any atom is -0.396 e. The first kappa shape index (κ1) is 12.0. The Kier molecular flexibility index (Phi) is 3.49. The predicted octanol–water partition coefficient (Wildman–Crippen LogP) is 0.475. The molecule has 0 aliphatic carbocycles. The van der Waals surface area contributed by atoms with Gasteiger partial charge in [0.05, 0.1) is 31.1 Å². The van der Waals surface area contributed by atoms with Crippen molar-refractivity contribution in [1.29, 1.82) is 0 Å². The molecule has 0 unspecified atom stereocenters. The molecule has 18 heavy (non-hydrogen) atoms. The topological polar surface area (TPSA) is 65.5 Å². The molecule has 0 aromatic carbocycles. The SMILES string of the molecule is Nc1cnn(C2CCN(CC3OCCO3)CC2)c1. The van der Waals surface area contributed by atoms with Gasteiger partial charge in [-0.25, -0.2) is 0 Å². The van der Waals surface area contributed by atoms with Gasteiger partial charge in [0.1, 0.15) is 0 Å². The molecule has 3 rings (SSSR count). The van der Waals surface area contributed by atoms with Gasteiger partial charge in [0, 0.05) is 25.8 Å². The normalized spacial score (nSPS) is 23.8. The fourth-order valence-corrected chi connectivity index (χ4v) is 2.64. The van der Waals surface area contributed by atoms with Gasteiger partial charge in [-0.1, -0.05) is 0 Å². The highest BCUT2D eigenvalue weighted by molar-refractivity contribution is 5.30. The Bertz CT molecular complexity index is 381. The van der Waals surface area contributed by atoms with Gasteiger partial charge in [-0.2, -0.15) is 5.10 Å². The maximum atomic E-state index is 5.69. The van der Waals surface area contributed by atoms with Crippen molar-refractivity contribution in [3.05, 3.63) is 12.4 Å². The summed E-state index contributed by atoms with van der Waals surface area (Å²) in [6.07, 6.45) is 5.82. The molecule has 1 aromatic rings. The third-order valence-electron chi connectivity index (χ3n) is 3.65. The molecule has 2 aliphatic rings. The van der Waals surface area contributed by atoms with Crippen LogP contribution in [0.15, 0.2) is 12.4 Å². The van der Waals surface area contributed by atoms with E-state index in [2.05, 4.69) is 10.00 Å². The van der Waals surface area contributed by atoms with Crippen LogP contribution in [0, 0.1) is 0 Å². The molecule has 3 heterocycles. The van der Waals surface area contributed by atoms with Crippen LogP contribution < -0.4 is 5.73 Å². The quantitative estimate of drug-likeness (QED) is 0.847. The van der Waals surface area contributed by atoms with Crippen LogP contribution in [0.5, 0.6) is 0 Å². The number of nitrogen functional groups attached to an aromatic ring is 1. The van der Waals surface area contributed by atoms with Crippen LogP contribution in [-0.2, 0) is 9.47 Å². The van der Waals surface area contributed by atoms with Crippen LogP contribution in [0.4, 0.5) is 5.69 Å². The van der Waals surface area contributed by atoms with Crippen molar-refractivity contribution in [2.45, 2.75) is 25.2 Å². The van der Waals surface area contributed by atoms with E-state index in [9.17, 15) is 0 Å². The molecule has 6 nitrogen and oxygen atoms in total. The molecular weight excluding hydrogens is 232 g/mol. The number of hydrogen-bond acceptors (Lipinski definition) is 5. The number of nitrogens with zero attached hydrogens (tertiary/aromatic N) is 3. The molecule has 2 aliphatic heterocycles. The lowest BCUT2D eigenvalue weighted by atomic mass is 10.1. The van der Waals surface area contributed by atoms with E-state index in [1.807, 2.05) is 10.9 Å². The summed E-state index contributed by atoms with van der Waals surface area (Å²) in [5.41, 5.74) is 6.44. The molecule has 100 valence electrons. The second-order valence-electron chi connectivity index (χ2n) is 4.96. The van der Waals surface area contributed by atoms with Crippen molar-refractivity contribution < 1.29 is 9.47 Å². The van der Waals surface area contributed by atoms with Crippen LogP contribution in [0.3, 0.4) is 0 Å². The molecule has 2 fully saturated rings. The van der Waals surface area contributed by atoms with E-state index in [1.165, 1.54) is 0 Å². The minimum absolute atomic E-state index is 0.0260. The van der Waals surface area contributed by atoms with Gasteiger partial charge in [-0.15, -0.1) is 0 Å². The second-order valence-corrected chi connectivity index (χ2v) is 4.96. The standard InChI is InChI=1S/C12H20N4O2/c13-10-7-14-16(8-10)11-1-3-15(4-2-11)9-12-17-5-6-18-12/h7-8,11-12H,1-6,9,13H2. The van der Waals surface area contributed by atoms with Gasteiger partial charge in [-0.05, 0) is 12.8 Å². The summed E-state index contributed by atoms with van der Waals surface area (Å²) >= 11 is 0. The lowest BCUT2D eigenvalue weighted by molar-refractivity contribution is -0.0658. The van der Waals surface area contributed by atoms with Gasteiger partial charge < -0.3 is 15.2 Å². The molecule has 0 radical (unpaired) electrons. The van der Waals surface area contributed by atoms with Crippen molar-refractivity contribution in [2.24, 2.45) is 0 Å². The molecule has 0 spiro atoms. The number of anilines is 1. The Morgan fingerprint density at radius 1 is 1.28 bits per heavy atom. The number of aromatic nitrogens is 2. The van der Waals surface area contributed by atoms with E-state index in [-0.39, 0.29) is 6.29 Å². The average Bonchev–Trinajstić information content (AvgIpc) is 3.02. The molecule has 0 bridgehead atoms. The first-order valence-corrected chi connectivity index (χ1v) is 6.56. The Balaban J connectivity index is 1.48. The Hall–Kier alpha value is -1.11. The average molecular weight is 252 g/mol. The van der Waals surface area contributed by atoms with Crippen molar-refractivity contribution >= 4 is 5.69 Å². The number of ether oxygens (including phenoxy) is 2. The van der Waals surface area contributed by atoms with Crippen LogP contribution in [0.1, 0.15) is 18.9 Å². The highest BCUT2D eigenvalue weighted by Crippen LogP contribution is 2.23. The summed E-state index contributed by atoms with van der Waals surface area (Å²) in [5, 5.41) is 4.29. The zero-order valence-corrected chi connectivity index (χ0v) is 10.5. The predicted molar refractivity (Wildman–Crippen MR) is 67.0 cm³/mol. The van der Waals surface area contributed by atoms with Crippen molar-refractivity contribution in [1.82, 2.24) is 14.7 Å². The molecule has 6 heteroatoms. The van der Waals surface area contributed by atoms with Crippen LogP contribution in [0.25, 0.3) is 0 Å². The smallest absolute Gasteiger partial charge is 0.170 e. The summed E-state index contributed by atoms with van der Waals surface area (Å²) < 4.78 is 12.9. The van der Waals surface area contributed by atoms with E-state index < -0.39 is 0 Å². The van der Waals surface area contributed by atoms with E-state index in [0.29, 0.717) is 6.04 Å². The lowest BCUT2D eigenvalue weighted by Crippen LogP contribution is -2.39. The number of likely N-dealkylation sites (tertiary alicyclic amines) is 1. The fraction of sp³-hybridized carbons (Fsp3) is 0.750. The van der Waals surface area contributed by atoms with E-state index in [4.69, 9.17) is 15.2 Å².